The molecule has 0 unspecified atom stereocenters. The molecule has 2 rings (SSSR count). The molecule has 0 bridgehead atoms. The smallest absolute Gasteiger partial charge is 0.315 e. The van der Waals surface area contributed by atoms with Crippen molar-refractivity contribution in [3.8, 4) is 0 Å². The summed E-state index contributed by atoms with van der Waals surface area (Å²) in [6.07, 6.45) is 4.82. The lowest BCUT2D eigenvalue weighted by Gasteiger charge is -2.22. The zero-order valence-corrected chi connectivity index (χ0v) is 14.4. The monoisotopic (exact) mass is 314 g/mol. The van der Waals surface area contributed by atoms with Crippen LogP contribution in [0.25, 0.3) is 0 Å². The Kier molecular flexibility index (Phi) is 6.68. The topological polar surface area (TPSA) is 50.4 Å². The average molecular weight is 314 g/mol. The second kappa shape index (κ2) is 8.28. The minimum Gasteiger partial charge on any atom is -0.378 e. The van der Waals surface area contributed by atoms with E-state index >= 15 is 0 Å². The Bertz CT molecular complexity index is 338. The number of rotatable bonds is 6. The van der Waals surface area contributed by atoms with Crippen molar-refractivity contribution in [1.82, 2.24) is 10.6 Å². The first kappa shape index (κ1) is 16.9. The third-order valence-electron chi connectivity index (χ3n) is 4.57. The first-order valence-electron chi connectivity index (χ1n) is 8.37. The summed E-state index contributed by atoms with van der Waals surface area (Å²) in [5, 5.41) is 6.91. The molecule has 0 radical (unpaired) electrons. The Hall–Kier alpha value is -0.420. The number of hydrogen-bond donors (Lipinski definition) is 2. The molecule has 1 aliphatic heterocycles. The molecular weight excluding hydrogens is 284 g/mol. The zero-order chi connectivity index (χ0) is 15.2. The van der Waals surface area contributed by atoms with Gasteiger partial charge in [0.25, 0.3) is 0 Å². The van der Waals surface area contributed by atoms with Gasteiger partial charge in [0.15, 0.2) is 0 Å². The molecule has 1 heterocycles. The van der Waals surface area contributed by atoms with Gasteiger partial charge in [0, 0.05) is 30.4 Å². The number of carbonyl (C=O) groups is 1. The Morgan fingerprint density at radius 3 is 2.86 bits per heavy atom. The third-order valence-corrected chi connectivity index (χ3v) is 5.80. The van der Waals surface area contributed by atoms with Crippen molar-refractivity contribution < 1.29 is 9.53 Å². The quantitative estimate of drug-likeness (QED) is 0.792. The highest BCUT2D eigenvalue weighted by atomic mass is 32.2. The van der Waals surface area contributed by atoms with Crippen molar-refractivity contribution in [3.63, 3.8) is 0 Å². The van der Waals surface area contributed by atoms with E-state index in [1.54, 1.807) is 0 Å². The maximum absolute atomic E-state index is 12.0. The van der Waals surface area contributed by atoms with Crippen LogP contribution >= 0.6 is 11.8 Å². The Labute approximate surface area is 133 Å². The SMILES string of the molecule is CCS[C@@H]1CC[C@@H](NC(=O)NC[C@@H]2CCO[C@@H]2C(C)C)C1. The van der Waals surface area contributed by atoms with Crippen LogP contribution in [0.5, 0.6) is 0 Å². The van der Waals surface area contributed by atoms with Crippen LogP contribution in [-0.2, 0) is 4.74 Å². The van der Waals surface area contributed by atoms with Gasteiger partial charge in [0.1, 0.15) is 0 Å². The predicted octanol–water partition coefficient (Wildman–Crippen LogP) is 3.02. The molecule has 0 aromatic carbocycles. The van der Waals surface area contributed by atoms with Gasteiger partial charge in [-0.3, -0.25) is 0 Å². The van der Waals surface area contributed by atoms with Gasteiger partial charge in [-0.2, -0.15) is 11.8 Å². The maximum atomic E-state index is 12.0. The highest BCUT2D eigenvalue weighted by Crippen LogP contribution is 2.29. The fraction of sp³-hybridized carbons (Fsp3) is 0.938. The van der Waals surface area contributed by atoms with Crippen LogP contribution in [0.4, 0.5) is 4.79 Å². The summed E-state index contributed by atoms with van der Waals surface area (Å²) in [5.41, 5.74) is 0. The summed E-state index contributed by atoms with van der Waals surface area (Å²) in [6, 6.07) is 0.353. The van der Waals surface area contributed by atoms with Crippen LogP contribution in [0.15, 0.2) is 0 Å². The van der Waals surface area contributed by atoms with Crippen LogP contribution in [-0.4, -0.2) is 42.3 Å². The summed E-state index contributed by atoms with van der Waals surface area (Å²) in [7, 11) is 0. The molecule has 2 amide bonds. The van der Waals surface area contributed by atoms with Gasteiger partial charge < -0.3 is 15.4 Å². The molecule has 1 saturated heterocycles. The molecule has 0 spiro atoms. The van der Waals surface area contributed by atoms with E-state index in [0.717, 1.165) is 37.7 Å². The molecule has 0 aromatic rings. The summed E-state index contributed by atoms with van der Waals surface area (Å²) in [6.45, 7) is 8.14. The predicted molar refractivity (Wildman–Crippen MR) is 88.8 cm³/mol. The van der Waals surface area contributed by atoms with Crippen molar-refractivity contribution in [2.24, 2.45) is 11.8 Å². The molecule has 5 heteroatoms. The maximum Gasteiger partial charge on any atom is 0.315 e. The summed E-state index contributed by atoms with van der Waals surface area (Å²) in [4.78, 5) is 12.0. The number of carbonyl (C=O) groups excluding carboxylic acids is 1. The normalized spacial score (nSPS) is 32.6. The van der Waals surface area contributed by atoms with E-state index in [9.17, 15) is 4.79 Å². The molecule has 4 atom stereocenters. The van der Waals surface area contributed by atoms with E-state index in [2.05, 4.69) is 31.4 Å². The lowest BCUT2D eigenvalue weighted by Crippen LogP contribution is -2.44. The highest BCUT2D eigenvalue weighted by Gasteiger charge is 2.31. The number of ether oxygens (including phenoxy) is 1. The first-order valence-corrected chi connectivity index (χ1v) is 9.42. The molecule has 1 saturated carbocycles. The van der Waals surface area contributed by atoms with Crippen LogP contribution in [0.3, 0.4) is 0 Å². The van der Waals surface area contributed by atoms with Gasteiger partial charge in [-0.15, -0.1) is 0 Å². The van der Waals surface area contributed by atoms with Gasteiger partial charge in [-0.25, -0.2) is 4.79 Å². The molecule has 0 aromatic heterocycles. The Morgan fingerprint density at radius 1 is 1.33 bits per heavy atom. The van der Waals surface area contributed by atoms with E-state index in [-0.39, 0.29) is 6.03 Å². The number of amides is 2. The fourth-order valence-electron chi connectivity index (χ4n) is 3.53. The molecule has 21 heavy (non-hydrogen) atoms. The molecule has 2 aliphatic rings. The van der Waals surface area contributed by atoms with Crippen LogP contribution in [0.1, 0.15) is 46.5 Å². The van der Waals surface area contributed by atoms with E-state index in [1.165, 1.54) is 12.2 Å². The van der Waals surface area contributed by atoms with Crippen LogP contribution < -0.4 is 10.6 Å². The summed E-state index contributed by atoms with van der Waals surface area (Å²) >= 11 is 2.02. The van der Waals surface area contributed by atoms with Gasteiger partial charge in [-0.1, -0.05) is 20.8 Å². The first-order chi connectivity index (χ1) is 10.1. The van der Waals surface area contributed by atoms with Crippen LogP contribution in [0.2, 0.25) is 0 Å². The Morgan fingerprint density at radius 2 is 2.14 bits per heavy atom. The number of hydrogen-bond acceptors (Lipinski definition) is 3. The van der Waals surface area contributed by atoms with Crippen molar-refractivity contribution >= 4 is 17.8 Å². The van der Waals surface area contributed by atoms with Gasteiger partial charge in [-0.05, 0) is 37.4 Å². The van der Waals surface area contributed by atoms with E-state index < -0.39 is 0 Å². The largest absolute Gasteiger partial charge is 0.378 e. The lowest BCUT2D eigenvalue weighted by molar-refractivity contribution is 0.0545. The molecule has 122 valence electrons. The van der Waals surface area contributed by atoms with Crippen molar-refractivity contribution in [2.45, 2.75) is 63.9 Å². The second-order valence-corrected chi connectivity index (χ2v) is 8.15. The lowest BCUT2D eigenvalue weighted by atomic mass is 9.93. The van der Waals surface area contributed by atoms with Crippen molar-refractivity contribution in [2.75, 3.05) is 18.9 Å². The van der Waals surface area contributed by atoms with Crippen molar-refractivity contribution in [3.05, 3.63) is 0 Å². The van der Waals surface area contributed by atoms with E-state index in [4.69, 9.17) is 4.74 Å². The fourth-order valence-corrected chi connectivity index (χ4v) is 4.67. The summed E-state index contributed by atoms with van der Waals surface area (Å²) in [5.74, 6) is 2.15. The number of urea groups is 1. The Balaban J connectivity index is 1.66. The van der Waals surface area contributed by atoms with Crippen molar-refractivity contribution in [1.29, 1.82) is 0 Å². The summed E-state index contributed by atoms with van der Waals surface area (Å²) < 4.78 is 5.76. The van der Waals surface area contributed by atoms with Crippen LogP contribution in [0, 0.1) is 11.8 Å². The van der Waals surface area contributed by atoms with Gasteiger partial charge >= 0.3 is 6.03 Å². The minimum atomic E-state index is -0.00319. The van der Waals surface area contributed by atoms with Gasteiger partial charge in [0.2, 0.25) is 0 Å². The molecule has 2 fully saturated rings. The average Bonchev–Trinajstić information content (AvgIpc) is 3.06. The van der Waals surface area contributed by atoms with E-state index in [0.29, 0.717) is 24.0 Å². The number of nitrogens with one attached hydrogen (secondary N) is 2. The minimum absolute atomic E-state index is 0.00319. The number of thioether (sulfide) groups is 1. The molecule has 2 N–H and O–H groups in total. The second-order valence-electron chi connectivity index (χ2n) is 6.57. The van der Waals surface area contributed by atoms with Gasteiger partial charge in [0.05, 0.1) is 6.10 Å². The highest BCUT2D eigenvalue weighted by molar-refractivity contribution is 7.99. The van der Waals surface area contributed by atoms with E-state index in [1.807, 2.05) is 11.8 Å². The molecular formula is C16H30N2O2S. The zero-order valence-electron chi connectivity index (χ0n) is 13.6. The standard InChI is InChI=1S/C16H30N2O2S/c1-4-21-14-6-5-13(9-14)18-16(19)17-10-12-7-8-20-15(12)11(2)3/h11-15H,4-10H2,1-3H3,(H2,17,18,19)/t12-,13+,14+,15+/m0/s1. The third kappa shape index (κ3) is 5.06. The molecule has 1 aliphatic carbocycles. The molecule has 4 nitrogen and oxygen atoms in total.